The molecular weight excluding hydrogens is 513 g/mol. The van der Waals surface area contributed by atoms with Crippen molar-refractivity contribution in [3.63, 3.8) is 0 Å². The van der Waals surface area contributed by atoms with E-state index in [9.17, 15) is 54.1 Å². The zero-order valence-electron chi connectivity index (χ0n) is 16.4. The molecule has 0 saturated carbocycles. The highest BCUT2D eigenvalue weighted by atomic mass is 19.2. The lowest BCUT2D eigenvalue weighted by Gasteiger charge is -2.37. The first-order chi connectivity index (χ1) is 16.2. The quantitative estimate of drug-likeness (QED) is 0.274. The normalized spacial score (nSPS) is 16.6. The number of ether oxygens (including phenoxy) is 2. The number of phenolic OH excluding ortho intramolecular Hbond substituents is 1. The van der Waals surface area contributed by atoms with Crippen molar-refractivity contribution < 1.29 is 68.0 Å². The number of benzene rings is 3. The molecule has 4 nitrogen and oxygen atoms in total. The lowest BCUT2D eigenvalue weighted by Crippen LogP contribution is -2.39. The number of aromatic hydroxyl groups is 1. The summed E-state index contributed by atoms with van der Waals surface area (Å²) in [5.74, 6) is -36.9. The third-order valence-corrected chi connectivity index (χ3v) is 5.20. The zero-order valence-corrected chi connectivity index (χ0v) is 16.4. The van der Waals surface area contributed by atoms with Crippen molar-refractivity contribution in [3.05, 3.63) is 80.7 Å². The lowest BCUT2D eigenvalue weighted by molar-refractivity contribution is 0.0861. The minimum absolute atomic E-state index is 0.571. The van der Waals surface area contributed by atoms with Crippen molar-refractivity contribution in [3.8, 4) is 23.0 Å². The summed E-state index contributed by atoms with van der Waals surface area (Å²) in [6.45, 7) is 0. The van der Waals surface area contributed by atoms with Crippen LogP contribution in [0.3, 0.4) is 0 Å². The molecule has 0 amide bonds. The van der Waals surface area contributed by atoms with Crippen molar-refractivity contribution in [2.75, 3.05) is 7.11 Å². The molecule has 1 atom stereocenters. The molecule has 0 aliphatic carbocycles. The van der Waals surface area contributed by atoms with Gasteiger partial charge in [-0.1, -0.05) is 0 Å². The van der Waals surface area contributed by atoms with Gasteiger partial charge >= 0.3 is 0 Å². The van der Waals surface area contributed by atoms with Crippen LogP contribution >= 0.6 is 0 Å². The number of halogens is 11. The van der Waals surface area contributed by atoms with Crippen LogP contribution in [-0.4, -0.2) is 17.3 Å². The molecular formula is C20H5F11O4. The summed E-state index contributed by atoms with van der Waals surface area (Å²) in [6, 6.07) is 0. The van der Waals surface area contributed by atoms with E-state index in [0.717, 1.165) is 0 Å². The first kappa shape index (κ1) is 24.4. The minimum Gasteiger partial charge on any atom is -0.503 e. The first-order valence-electron chi connectivity index (χ1n) is 8.80. The molecule has 35 heavy (non-hydrogen) atoms. The van der Waals surface area contributed by atoms with Gasteiger partial charge in [0.25, 0.3) is 0 Å². The van der Waals surface area contributed by atoms with E-state index in [4.69, 9.17) is 0 Å². The van der Waals surface area contributed by atoms with Gasteiger partial charge in [0, 0.05) is 0 Å². The first-order valence-corrected chi connectivity index (χ1v) is 8.80. The van der Waals surface area contributed by atoms with E-state index >= 15 is 4.39 Å². The van der Waals surface area contributed by atoms with E-state index < -0.39 is 109 Å². The molecule has 1 aliphatic heterocycles. The molecule has 0 fully saturated rings. The van der Waals surface area contributed by atoms with E-state index in [1.807, 2.05) is 0 Å². The van der Waals surface area contributed by atoms with Gasteiger partial charge in [0.1, 0.15) is 0 Å². The fourth-order valence-electron chi connectivity index (χ4n) is 3.66. The van der Waals surface area contributed by atoms with E-state index in [1.54, 1.807) is 0 Å². The Kier molecular flexibility index (Phi) is 5.31. The maximum atomic E-state index is 15.0. The molecule has 0 aromatic heterocycles. The van der Waals surface area contributed by atoms with Crippen LogP contribution in [0, 0.1) is 64.0 Å². The van der Waals surface area contributed by atoms with Crippen LogP contribution in [0.4, 0.5) is 48.3 Å². The van der Waals surface area contributed by atoms with Crippen molar-refractivity contribution in [1.29, 1.82) is 0 Å². The summed E-state index contributed by atoms with van der Waals surface area (Å²) in [5.41, 5.74) is -11.5. The van der Waals surface area contributed by atoms with Gasteiger partial charge < -0.3 is 19.7 Å². The van der Waals surface area contributed by atoms with E-state index in [-0.39, 0.29) is 0 Å². The van der Waals surface area contributed by atoms with Crippen LogP contribution in [0.2, 0.25) is 0 Å². The van der Waals surface area contributed by atoms with Gasteiger partial charge in [-0.05, 0) is 0 Å². The zero-order chi connectivity index (χ0) is 26.3. The summed E-state index contributed by atoms with van der Waals surface area (Å²) >= 11 is 0. The predicted octanol–water partition coefficient (Wildman–Crippen LogP) is 5.32. The molecule has 2 N–H and O–H groups in total. The highest BCUT2D eigenvalue weighted by molar-refractivity contribution is 5.66. The van der Waals surface area contributed by atoms with E-state index in [0.29, 0.717) is 7.11 Å². The van der Waals surface area contributed by atoms with Crippen molar-refractivity contribution in [1.82, 2.24) is 0 Å². The number of methoxy groups -OCH3 is 1. The minimum atomic E-state index is -4.58. The molecule has 3 aromatic rings. The Morgan fingerprint density at radius 2 is 0.943 bits per heavy atom. The Morgan fingerprint density at radius 3 is 1.43 bits per heavy atom. The molecule has 15 heteroatoms. The number of phenols is 1. The van der Waals surface area contributed by atoms with Crippen LogP contribution in [-0.2, 0) is 5.60 Å². The largest absolute Gasteiger partial charge is 0.503 e. The van der Waals surface area contributed by atoms with Gasteiger partial charge in [0.15, 0.2) is 63.5 Å². The number of aliphatic hydroxyl groups is 1. The average molecular weight is 518 g/mol. The molecule has 4 rings (SSSR count). The Hall–Kier alpha value is -3.75. The standard InChI is InChI=1S/C20H5F11O4/c1-34-19-13(29)8(24)4-18(15(19)31)35-17-3(7(23)12(28)16(32)14(17)30)20(4,33)2-5(21)9(25)11(27)10(26)6(2)22/h32-33H,1H3. The molecule has 0 radical (unpaired) electrons. The Labute approximate surface area is 185 Å². The third kappa shape index (κ3) is 2.84. The number of hydrogen-bond acceptors (Lipinski definition) is 4. The maximum absolute atomic E-state index is 15.0. The second kappa shape index (κ2) is 7.63. The van der Waals surface area contributed by atoms with E-state index in [2.05, 4.69) is 9.47 Å². The second-order valence-electron chi connectivity index (χ2n) is 6.93. The Balaban J connectivity index is 2.35. The van der Waals surface area contributed by atoms with Crippen LogP contribution in [0.25, 0.3) is 0 Å². The van der Waals surface area contributed by atoms with Crippen molar-refractivity contribution in [2.45, 2.75) is 5.60 Å². The summed E-state index contributed by atoms with van der Waals surface area (Å²) in [4.78, 5) is 0. The van der Waals surface area contributed by atoms with Crippen molar-refractivity contribution in [2.24, 2.45) is 0 Å². The summed E-state index contributed by atoms with van der Waals surface area (Å²) in [7, 11) is 0.571. The number of hydrogen-bond donors (Lipinski definition) is 2. The van der Waals surface area contributed by atoms with Crippen LogP contribution in [0.5, 0.6) is 23.0 Å². The number of fused-ring (bicyclic) bond motifs is 2. The summed E-state index contributed by atoms with van der Waals surface area (Å²) < 4.78 is 167. The number of rotatable bonds is 2. The van der Waals surface area contributed by atoms with Gasteiger partial charge in [0.2, 0.25) is 29.1 Å². The monoisotopic (exact) mass is 518 g/mol. The predicted molar refractivity (Wildman–Crippen MR) is 89.3 cm³/mol. The topological polar surface area (TPSA) is 58.9 Å². The molecule has 1 aliphatic rings. The fourth-order valence-corrected chi connectivity index (χ4v) is 3.66. The molecule has 1 unspecified atom stereocenters. The van der Waals surface area contributed by atoms with Gasteiger partial charge in [-0.15, -0.1) is 0 Å². The average Bonchev–Trinajstić information content (AvgIpc) is 2.82. The van der Waals surface area contributed by atoms with Crippen LogP contribution in [0.1, 0.15) is 16.7 Å². The summed E-state index contributed by atoms with van der Waals surface area (Å²) in [5, 5.41) is 20.6. The fraction of sp³-hybridized carbons (Fsp3) is 0.100. The van der Waals surface area contributed by atoms with Gasteiger partial charge in [-0.3, -0.25) is 0 Å². The van der Waals surface area contributed by atoms with Gasteiger partial charge in [-0.25, -0.2) is 30.7 Å². The molecule has 0 spiro atoms. The molecule has 0 bridgehead atoms. The molecule has 3 aromatic carbocycles. The molecule has 0 saturated heterocycles. The van der Waals surface area contributed by atoms with Crippen LogP contribution in [0.15, 0.2) is 0 Å². The highest BCUT2D eigenvalue weighted by Gasteiger charge is 2.55. The second-order valence-corrected chi connectivity index (χ2v) is 6.93. The smallest absolute Gasteiger partial charge is 0.211 e. The Morgan fingerprint density at radius 1 is 0.543 bits per heavy atom. The third-order valence-electron chi connectivity index (χ3n) is 5.20. The Bertz CT molecular complexity index is 1400. The maximum Gasteiger partial charge on any atom is 0.211 e. The van der Waals surface area contributed by atoms with Gasteiger partial charge in [0.05, 0.1) is 23.8 Å². The highest BCUT2D eigenvalue weighted by Crippen LogP contribution is 2.57. The molecule has 1 heterocycles. The van der Waals surface area contributed by atoms with Crippen molar-refractivity contribution >= 4 is 0 Å². The van der Waals surface area contributed by atoms with Gasteiger partial charge in [-0.2, -0.15) is 17.6 Å². The SMILES string of the molecule is COc1c(F)c(F)c2c(c1F)Oc1c(F)c(O)c(F)c(F)c1C2(O)c1c(F)c(F)c(F)c(F)c1F. The molecule has 186 valence electrons. The summed E-state index contributed by atoms with van der Waals surface area (Å²) in [6.07, 6.45) is 0. The van der Waals surface area contributed by atoms with E-state index in [1.165, 1.54) is 0 Å². The lowest BCUT2D eigenvalue weighted by atomic mass is 9.76. The van der Waals surface area contributed by atoms with Crippen LogP contribution < -0.4 is 9.47 Å².